The van der Waals surface area contributed by atoms with Crippen LogP contribution in [-0.2, 0) is 4.74 Å². The molecule has 0 amide bonds. The van der Waals surface area contributed by atoms with E-state index >= 15 is 0 Å². The van der Waals surface area contributed by atoms with Crippen LogP contribution in [0, 0.1) is 0 Å². The third kappa shape index (κ3) is 3.65. The zero-order valence-corrected chi connectivity index (χ0v) is 15.9. The molecule has 1 aliphatic rings. The largest absolute Gasteiger partial charge is 0.394 e. The highest BCUT2D eigenvalue weighted by atomic mass is 35.5. The number of rotatable bonds is 7. The van der Waals surface area contributed by atoms with E-state index in [-0.39, 0.29) is 0 Å². The molecule has 2 aromatic rings. The third-order valence-corrected chi connectivity index (χ3v) is 5.29. The molecule has 1 fully saturated rings. The highest BCUT2D eigenvalue weighted by Gasteiger charge is 2.44. The van der Waals surface area contributed by atoms with Crippen LogP contribution in [0.1, 0.15) is 32.4 Å². The number of nitrogens with zero attached hydrogens (tertiary/aromatic N) is 2. The molecule has 1 aromatic carbocycles. The van der Waals surface area contributed by atoms with E-state index in [0.29, 0.717) is 33.6 Å². The van der Waals surface area contributed by atoms with Crippen LogP contribution in [0.2, 0.25) is 10.0 Å². The van der Waals surface area contributed by atoms with Crippen LogP contribution in [0.25, 0.3) is 11.0 Å². The lowest BCUT2D eigenvalue weighted by molar-refractivity contribution is -0.0499. The SMILES string of the molecule is CCCCCNc1nc2cc(Cl)c(Cl)cc2n1[C@@H]1O[C@H](CO)[C@@H](O)[C@H]1O. The van der Waals surface area contributed by atoms with Gasteiger partial charge in [-0.05, 0) is 18.6 Å². The van der Waals surface area contributed by atoms with Crippen molar-refractivity contribution < 1.29 is 20.1 Å². The maximum Gasteiger partial charge on any atom is 0.206 e. The molecule has 2 heterocycles. The maximum absolute atomic E-state index is 10.4. The van der Waals surface area contributed by atoms with Gasteiger partial charge in [0.1, 0.15) is 18.3 Å². The molecular formula is C17H23Cl2N3O4. The molecule has 0 radical (unpaired) electrons. The molecule has 0 aliphatic carbocycles. The number of nitrogens with one attached hydrogen (secondary N) is 1. The first-order chi connectivity index (χ1) is 12.5. The maximum atomic E-state index is 10.4. The van der Waals surface area contributed by atoms with Gasteiger partial charge in [-0.2, -0.15) is 0 Å². The Kier molecular flexibility index (Phi) is 6.27. The minimum atomic E-state index is -1.21. The van der Waals surface area contributed by atoms with Crippen molar-refractivity contribution in [3.63, 3.8) is 0 Å². The number of ether oxygens (including phenoxy) is 1. The monoisotopic (exact) mass is 403 g/mol. The Morgan fingerprint density at radius 3 is 2.58 bits per heavy atom. The number of aromatic nitrogens is 2. The van der Waals surface area contributed by atoms with Crippen molar-refractivity contribution in [2.24, 2.45) is 0 Å². The second-order valence-electron chi connectivity index (χ2n) is 6.42. The fraction of sp³-hybridized carbons (Fsp3) is 0.588. The molecule has 0 unspecified atom stereocenters. The number of halogens is 2. The summed E-state index contributed by atoms with van der Waals surface area (Å²) in [5.74, 6) is 0.490. The predicted octanol–water partition coefficient (Wildman–Crippen LogP) is 2.56. The number of aliphatic hydroxyl groups is 3. The van der Waals surface area contributed by atoms with Crippen LogP contribution >= 0.6 is 23.2 Å². The van der Waals surface area contributed by atoms with Crippen molar-refractivity contribution in [2.45, 2.75) is 50.7 Å². The smallest absolute Gasteiger partial charge is 0.206 e. The fourth-order valence-corrected chi connectivity index (χ4v) is 3.46. The molecular weight excluding hydrogens is 381 g/mol. The van der Waals surface area contributed by atoms with Gasteiger partial charge in [-0.15, -0.1) is 0 Å². The lowest BCUT2D eigenvalue weighted by atomic mass is 10.1. The third-order valence-electron chi connectivity index (χ3n) is 4.57. The number of fused-ring (bicyclic) bond motifs is 1. The van der Waals surface area contributed by atoms with Gasteiger partial charge >= 0.3 is 0 Å². The molecule has 1 aromatic heterocycles. The van der Waals surface area contributed by atoms with E-state index in [9.17, 15) is 15.3 Å². The second-order valence-corrected chi connectivity index (χ2v) is 7.24. The number of hydrogen-bond donors (Lipinski definition) is 4. The molecule has 9 heteroatoms. The lowest BCUT2D eigenvalue weighted by Gasteiger charge is -2.20. The van der Waals surface area contributed by atoms with Crippen LogP contribution in [0.15, 0.2) is 12.1 Å². The van der Waals surface area contributed by atoms with Gasteiger partial charge in [0.15, 0.2) is 6.23 Å². The molecule has 1 aliphatic heterocycles. The zero-order chi connectivity index (χ0) is 18.8. The Bertz CT molecular complexity index is 770. The van der Waals surface area contributed by atoms with Crippen molar-refractivity contribution in [3.05, 3.63) is 22.2 Å². The summed E-state index contributed by atoms with van der Waals surface area (Å²) in [6, 6.07) is 3.30. The van der Waals surface area contributed by atoms with Gasteiger partial charge < -0.3 is 25.4 Å². The van der Waals surface area contributed by atoms with E-state index in [1.165, 1.54) is 0 Å². The van der Waals surface area contributed by atoms with Gasteiger partial charge in [-0.1, -0.05) is 43.0 Å². The highest BCUT2D eigenvalue weighted by Crippen LogP contribution is 2.37. The van der Waals surface area contributed by atoms with Gasteiger partial charge in [-0.25, -0.2) is 4.98 Å². The van der Waals surface area contributed by atoms with Gasteiger partial charge in [0.25, 0.3) is 0 Å². The first-order valence-corrected chi connectivity index (χ1v) is 9.46. The normalized spacial score (nSPS) is 25.9. The lowest BCUT2D eigenvalue weighted by Crippen LogP contribution is -2.33. The quantitative estimate of drug-likeness (QED) is 0.530. The van der Waals surface area contributed by atoms with Crippen molar-refractivity contribution in [1.29, 1.82) is 0 Å². The molecule has 4 N–H and O–H groups in total. The van der Waals surface area contributed by atoms with E-state index in [0.717, 1.165) is 19.3 Å². The summed E-state index contributed by atoms with van der Waals surface area (Å²) in [5, 5.41) is 33.9. The van der Waals surface area contributed by atoms with Gasteiger partial charge in [0.2, 0.25) is 5.95 Å². The van der Waals surface area contributed by atoms with Crippen LogP contribution < -0.4 is 5.32 Å². The summed E-state index contributed by atoms with van der Waals surface area (Å²) in [5.41, 5.74) is 1.21. The summed E-state index contributed by atoms with van der Waals surface area (Å²) in [6.07, 6.45) is -1.04. The Balaban J connectivity index is 2.01. The van der Waals surface area contributed by atoms with Crippen LogP contribution in [0.4, 0.5) is 5.95 Å². The van der Waals surface area contributed by atoms with E-state index in [1.807, 2.05) is 0 Å². The minimum Gasteiger partial charge on any atom is -0.394 e. The fourth-order valence-electron chi connectivity index (χ4n) is 3.14. The average Bonchev–Trinajstić information content (AvgIpc) is 3.10. The number of anilines is 1. The summed E-state index contributed by atoms with van der Waals surface area (Å²) in [4.78, 5) is 4.54. The van der Waals surface area contributed by atoms with Crippen LogP contribution in [-0.4, -0.2) is 56.3 Å². The van der Waals surface area contributed by atoms with Gasteiger partial charge in [0, 0.05) is 6.54 Å². The van der Waals surface area contributed by atoms with Crippen molar-refractivity contribution in [1.82, 2.24) is 9.55 Å². The topological polar surface area (TPSA) is 99.8 Å². The molecule has 3 rings (SSSR count). The first kappa shape index (κ1) is 19.7. The van der Waals surface area contributed by atoms with Crippen LogP contribution in [0.3, 0.4) is 0 Å². The van der Waals surface area contributed by atoms with Crippen molar-refractivity contribution in [2.75, 3.05) is 18.5 Å². The number of hydrogen-bond acceptors (Lipinski definition) is 6. The van der Waals surface area contributed by atoms with Crippen molar-refractivity contribution >= 4 is 40.2 Å². The predicted molar refractivity (Wildman–Crippen MR) is 101 cm³/mol. The zero-order valence-electron chi connectivity index (χ0n) is 14.4. The Hall–Kier alpha value is -1.09. The van der Waals surface area contributed by atoms with E-state index < -0.39 is 31.1 Å². The summed E-state index contributed by atoms with van der Waals surface area (Å²) in [7, 11) is 0. The minimum absolute atomic E-state index is 0.351. The Morgan fingerprint density at radius 2 is 1.92 bits per heavy atom. The van der Waals surface area contributed by atoms with E-state index in [4.69, 9.17) is 27.9 Å². The highest BCUT2D eigenvalue weighted by molar-refractivity contribution is 6.42. The molecule has 26 heavy (non-hydrogen) atoms. The van der Waals surface area contributed by atoms with Gasteiger partial charge in [-0.3, -0.25) is 4.57 Å². The average molecular weight is 404 g/mol. The van der Waals surface area contributed by atoms with E-state index in [1.54, 1.807) is 16.7 Å². The van der Waals surface area contributed by atoms with Crippen LogP contribution in [0.5, 0.6) is 0 Å². The molecule has 1 saturated heterocycles. The molecule has 144 valence electrons. The number of benzene rings is 1. The number of aliphatic hydroxyl groups excluding tert-OH is 3. The standard InChI is InChI=1S/C17H23Cl2N3O4/c1-2-3-4-5-20-17-21-11-6-9(18)10(19)7-12(11)22(17)16-15(25)14(24)13(8-23)26-16/h6-7,13-16,23-25H,2-5,8H2,1H3,(H,20,21)/t13-,14-,15-,16-/m1/s1. The molecule has 7 nitrogen and oxygen atoms in total. The second kappa shape index (κ2) is 8.29. The molecule has 0 saturated carbocycles. The molecule has 4 atom stereocenters. The number of imidazole rings is 1. The Labute approximate surface area is 161 Å². The van der Waals surface area contributed by atoms with Gasteiger partial charge in [0.05, 0.1) is 27.7 Å². The summed E-state index contributed by atoms with van der Waals surface area (Å²) >= 11 is 12.3. The summed E-state index contributed by atoms with van der Waals surface area (Å²) in [6.45, 7) is 2.43. The summed E-state index contributed by atoms with van der Waals surface area (Å²) < 4.78 is 7.34. The Morgan fingerprint density at radius 1 is 1.19 bits per heavy atom. The molecule has 0 bridgehead atoms. The van der Waals surface area contributed by atoms with Crippen molar-refractivity contribution in [3.8, 4) is 0 Å². The first-order valence-electron chi connectivity index (χ1n) is 8.71. The van der Waals surface area contributed by atoms with E-state index in [2.05, 4.69) is 17.2 Å². The molecule has 0 spiro atoms. The number of unbranched alkanes of at least 4 members (excludes halogenated alkanes) is 2.